The summed E-state index contributed by atoms with van der Waals surface area (Å²) in [4.78, 5) is 2.52. The summed E-state index contributed by atoms with van der Waals surface area (Å²) in [5.74, 6) is 0.974. The number of fused-ring (bicyclic) bond motifs is 1. The van der Waals surface area contributed by atoms with Crippen LogP contribution in [0.25, 0.3) is 10.8 Å². The first-order chi connectivity index (χ1) is 14.3. The second-order valence-electron chi connectivity index (χ2n) is 7.75. The molecule has 1 aliphatic heterocycles. The van der Waals surface area contributed by atoms with Crippen LogP contribution in [-0.4, -0.2) is 44.2 Å². The molecular weight excluding hydrogens is 358 g/mol. The highest BCUT2D eigenvalue weighted by Gasteiger charge is 2.11. The maximum atomic E-state index is 6.30. The number of hydrogen-bond acceptors (Lipinski definition) is 4. The van der Waals surface area contributed by atoms with Crippen molar-refractivity contribution in [3.63, 3.8) is 0 Å². The van der Waals surface area contributed by atoms with Crippen molar-refractivity contribution in [2.45, 2.75) is 20.1 Å². The SMILES string of the molecule is Cc1ccccc1COc1ccc2ccccc2c1CNCCN1CCNCC1. The lowest BCUT2D eigenvalue weighted by Crippen LogP contribution is -2.45. The Bertz CT molecular complexity index is 934. The van der Waals surface area contributed by atoms with Crippen molar-refractivity contribution in [2.75, 3.05) is 39.3 Å². The Balaban J connectivity index is 1.46. The number of hydrogen-bond donors (Lipinski definition) is 2. The molecule has 4 heteroatoms. The third-order valence-corrected chi connectivity index (χ3v) is 5.76. The third kappa shape index (κ3) is 5.15. The summed E-state index contributed by atoms with van der Waals surface area (Å²) in [5.41, 5.74) is 3.75. The van der Waals surface area contributed by atoms with E-state index in [2.05, 4.69) is 83.1 Å². The van der Waals surface area contributed by atoms with E-state index in [0.717, 1.165) is 51.6 Å². The summed E-state index contributed by atoms with van der Waals surface area (Å²) in [5, 5.41) is 9.59. The largest absolute Gasteiger partial charge is 0.489 e. The van der Waals surface area contributed by atoms with Gasteiger partial charge in [-0.05, 0) is 34.9 Å². The van der Waals surface area contributed by atoms with E-state index >= 15 is 0 Å². The molecule has 152 valence electrons. The smallest absolute Gasteiger partial charge is 0.124 e. The highest BCUT2D eigenvalue weighted by molar-refractivity contribution is 5.87. The number of ether oxygens (including phenoxy) is 1. The molecule has 29 heavy (non-hydrogen) atoms. The minimum atomic E-state index is 0.596. The van der Waals surface area contributed by atoms with Gasteiger partial charge in [0.1, 0.15) is 12.4 Å². The van der Waals surface area contributed by atoms with Gasteiger partial charge in [0.05, 0.1) is 0 Å². The zero-order valence-corrected chi connectivity index (χ0v) is 17.3. The van der Waals surface area contributed by atoms with Gasteiger partial charge in [0, 0.05) is 51.4 Å². The first-order valence-corrected chi connectivity index (χ1v) is 10.6. The standard InChI is InChI=1S/C25H31N3O/c1-20-6-2-3-8-22(20)19-29-25-11-10-21-7-4-5-9-23(21)24(25)18-27-14-17-28-15-12-26-13-16-28/h2-11,26-27H,12-19H2,1H3. The van der Waals surface area contributed by atoms with Crippen molar-refractivity contribution in [3.05, 3.63) is 77.4 Å². The summed E-state index contributed by atoms with van der Waals surface area (Å²) >= 11 is 0. The lowest BCUT2D eigenvalue weighted by atomic mass is 10.0. The zero-order valence-electron chi connectivity index (χ0n) is 17.3. The minimum Gasteiger partial charge on any atom is -0.489 e. The Labute approximate surface area is 173 Å². The van der Waals surface area contributed by atoms with E-state index in [-0.39, 0.29) is 0 Å². The van der Waals surface area contributed by atoms with Crippen LogP contribution in [0.5, 0.6) is 5.75 Å². The number of nitrogens with zero attached hydrogens (tertiary/aromatic N) is 1. The van der Waals surface area contributed by atoms with Gasteiger partial charge in [0.2, 0.25) is 0 Å². The van der Waals surface area contributed by atoms with Crippen LogP contribution in [0.4, 0.5) is 0 Å². The molecule has 1 saturated heterocycles. The van der Waals surface area contributed by atoms with Crippen molar-refractivity contribution in [1.82, 2.24) is 15.5 Å². The second kappa shape index (κ2) is 9.88. The van der Waals surface area contributed by atoms with Crippen LogP contribution in [-0.2, 0) is 13.2 Å². The molecule has 0 spiro atoms. The molecule has 4 rings (SSSR count). The maximum absolute atomic E-state index is 6.30. The second-order valence-corrected chi connectivity index (χ2v) is 7.75. The Morgan fingerprint density at radius 1 is 0.966 bits per heavy atom. The molecule has 0 amide bonds. The molecule has 0 bridgehead atoms. The summed E-state index contributed by atoms with van der Waals surface area (Å²) < 4.78 is 6.30. The van der Waals surface area contributed by atoms with E-state index in [1.807, 2.05) is 0 Å². The van der Waals surface area contributed by atoms with Crippen LogP contribution in [0, 0.1) is 6.92 Å². The van der Waals surface area contributed by atoms with Gasteiger partial charge in [-0.3, -0.25) is 4.90 Å². The molecule has 2 N–H and O–H groups in total. The summed E-state index contributed by atoms with van der Waals surface area (Å²) in [6.07, 6.45) is 0. The summed E-state index contributed by atoms with van der Waals surface area (Å²) in [6, 6.07) is 21.3. The Morgan fingerprint density at radius 2 is 1.76 bits per heavy atom. The highest BCUT2D eigenvalue weighted by Crippen LogP contribution is 2.29. The minimum absolute atomic E-state index is 0.596. The zero-order chi connectivity index (χ0) is 19.9. The van der Waals surface area contributed by atoms with E-state index in [0.29, 0.717) is 6.61 Å². The molecule has 0 atom stereocenters. The van der Waals surface area contributed by atoms with Crippen molar-refractivity contribution in [2.24, 2.45) is 0 Å². The van der Waals surface area contributed by atoms with Crippen molar-refractivity contribution in [3.8, 4) is 5.75 Å². The van der Waals surface area contributed by atoms with E-state index in [1.54, 1.807) is 0 Å². The predicted molar refractivity (Wildman–Crippen MR) is 120 cm³/mol. The molecule has 1 heterocycles. The van der Waals surface area contributed by atoms with Crippen molar-refractivity contribution >= 4 is 10.8 Å². The summed E-state index contributed by atoms with van der Waals surface area (Å²) in [6.45, 7) is 10.1. The van der Waals surface area contributed by atoms with Gasteiger partial charge < -0.3 is 15.4 Å². The number of nitrogens with one attached hydrogen (secondary N) is 2. The Kier molecular flexibility index (Phi) is 6.78. The van der Waals surface area contributed by atoms with Gasteiger partial charge in [0.25, 0.3) is 0 Å². The van der Waals surface area contributed by atoms with Crippen LogP contribution < -0.4 is 15.4 Å². The molecule has 0 aliphatic carbocycles. The Hall–Kier alpha value is -2.40. The van der Waals surface area contributed by atoms with E-state index < -0.39 is 0 Å². The topological polar surface area (TPSA) is 36.5 Å². The van der Waals surface area contributed by atoms with Crippen molar-refractivity contribution < 1.29 is 4.74 Å². The average molecular weight is 390 g/mol. The van der Waals surface area contributed by atoms with Gasteiger partial charge >= 0.3 is 0 Å². The number of rotatable bonds is 8. The van der Waals surface area contributed by atoms with Crippen molar-refractivity contribution in [1.29, 1.82) is 0 Å². The van der Waals surface area contributed by atoms with Gasteiger partial charge in [0.15, 0.2) is 0 Å². The molecular formula is C25H31N3O. The molecule has 3 aromatic carbocycles. The normalized spacial score (nSPS) is 14.9. The highest BCUT2D eigenvalue weighted by atomic mass is 16.5. The lowest BCUT2D eigenvalue weighted by molar-refractivity contribution is 0.240. The number of aryl methyl sites for hydroxylation is 1. The number of benzene rings is 3. The van der Waals surface area contributed by atoms with E-state index in [4.69, 9.17) is 4.74 Å². The fourth-order valence-electron chi connectivity index (χ4n) is 3.95. The van der Waals surface area contributed by atoms with Gasteiger partial charge in [-0.1, -0.05) is 54.6 Å². The maximum Gasteiger partial charge on any atom is 0.124 e. The van der Waals surface area contributed by atoms with Crippen LogP contribution in [0.15, 0.2) is 60.7 Å². The molecule has 0 saturated carbocycles. The van der Waals surface area contributed by atoms with Crippen LogP contribution in [0.1, 0.15) is 16.7 Å². The molecule has 1 aliphatic rings. The number of piperazine rings is 1. The fourth-order valence-corrected chi connectivity index (χ4v) is 3.95. The predicted octanol–water partition coefficient (Wildman–Crippen LogP) is 3.72. The van der Waals surface area contributed by atoms with Crippen LogP contribution in [0.2, 0.25) is 0 Å². The van der Waals surface area contributed by atoms with Gasteiger partial charge in [-0.15, -0.1) is 0 Å². The molecule has 0 unspecified atom stereocenters. The molecule has 0 radical (unpaired) electrons. The quantitative estimate of drug-likeness (QED) is 0.576. The Morgan fingerprint density at radius 3 is 2.62 bits per heavy atom. The molecule has 3 aromatic rings. The van der Waals surface area contributed by atoms with E-state index in [1.165, 1.54) is 27.5 Å². The molecule has 1 fully saturated rings. The monoisotopic (exact) mass is 389 g/mol. The molecule has 0 aromatic heterocycles. The lowest BCUT2D eigenvalue weighted by Gasteiger charge is -2.27. The van der Waals surface area contributed by atoms with Gasteiger partial charge in [-0.2, -0.15) is 0 Å². The molecule has 4 nitrogen and oxygen atoms in total. The third-order valence-electron chi connectivity index (χ3n) is 5.76. The van der Waals surface area contributed by atoms with Crippen LogP contribution in [0.3, 0.4) is 0 Å². The van der Waals surface area contributed by atoms with Crippen LogP contribution >= 0.6 is 0 Å². The fraction of sp³-hybridized carbons (Fsp3) is 0.360. The van der Waals surface area contributed by atoms with Gasteiger partial charge in [-0.25, -0.2) is 0 Å². The average Bonchev–Trinajstić information content (AvgIpc) is 2.77. The first kappa shape index (κ1) is 19.9. The summed E-state index contributed by atoms with van der Waals surface area (Å²) in [7, 11) is 0. The first-order valence-electron chi connectivity index (χ1n) is 10.6. The van der Waals surface area contributed by atoms with E-state index in [9.17, 15) is 0 Å².